The molecule has 2 aliphatic carbocycles. The molecule has 0 atom stereocenters. The summed E-state index contributed by atoms with van der Waals surface area (Å²) in [7, 11) is -1.10. The molecular weight excluding hydrogens is 332 g/mol. The van der Waals surface area contributed by atoms with Crippen LogP contribution in [-0.4, -0.2) is 35.1 Å². The number of rotatable bonds is 6. The molecule has 0 amide bonds. The molecule has 0 saturated heterocycles. The minimum Gasteiger partial charge on any atom is -0.359 e. The Morgan fingerprint density at radius 1 is 1.28 bits per heavy atom. The van der Waals surface area contributed by atoms with Crippen molar-refractivity contribution in [3.8, 4) is 0 Å². The fraction of sp³-hybridized carbons (Fsp3) is 0.889. The summed E-state index contributed by atoms with van der Waals surface area (Å²) >= 11 is 0. The molecule has 0 aliphatic heterocycles. The van der Waals surface area contributed by atoms with Gasteiger partial charge in [0.25, 0.3) is 0 Å². The average Bonchev–Trinajstić information content (AvgIpc) is 2.76. The quantitative estimate of drug-likeness (QED) is 0.620. The first-order valence-electron chi connectivity index (χ1n) is 9.68. The zero-order valence-corrected chi connectivity index (χ0v) is 17.3. The van der Waals surface area contributed by atoms with Crippen LogP contribution < -0.4 is 11.4 Å². The smallest absolute Gasteiger partial charge is 0.348 e. The Balaban J connectivity index is 1.57. The summed E-state index contributed by atoms with van der Waals surface area (Å²) < 4.78 is 9.08. The average molecular weight is 367 g/mol. The fourth-order valence-corrected chi connectivity index (χ4v) is 5.10. The standard InChI is InChI=1S/C18H34N4O2Si/c1-14-20-21(13-24-9-10-25(2,3)4)17(23)22(14)16-11-18(12-16)7-5-15(19)6-8-18/h15-16H,5-13,19H2,1-4H3. The van der Waals surface area contributed by atoms with E-state index < -0.39 is 8.07 Å². The maximum absolute atomic E-state index is 12.7. The lowest BCUT2D eigenvalue weighted by atomic mass is 9.57. The third kappa shape index (κ3) is 4.26. The summed E-state index contributed by atoms with van der Waals surface area (Å²) in [6.07, 6.45) is 6.89. The lowest BCUT2D eigenvalue weighted by Crippen LogP contribution is -2.46. The normalized spacial score (nSPS) is 29.8. The molecule has 2 saturated carbocycles. The molecule has 1 aromatic rings. The molecule has 0 radical (unpaired) electrons. The summed E-state index contributed by atoms with van der Waals surface area (Å²) in [6.45, 7) is 9.89. The highest BCUT2D eigenvalue weighted by Gasteiger charge is 2.47. The van der Waals surface area contributed by atoms with Crippen LogP contribution in [-0.2, 0) is 11.5 Å². The Morgan fingerprint density at radius 2 is 1.92 bits per heavy atom. The Labute approximate surface area is 151 Å². The third-order valence-corrected chi connectivity index (χ3v) is 7.75. The van der Waals surface area contributed by atoms with Gasteiger partial charge in [0.2, 0.25) is 0 Å². The molecule has 2 N–H and O–H groups in total. The van der Waals surface area contributed by atoms with Crippen LogP contribution in [0.15, 0.2) is 4.79 Å². The van der Waals surface area contributed by atoms with Gasteiger partial charge in [-0.15, -0.1) is 0 Å². The number of nitrogens with zero attached hydrogens (tertiary/aromatic N) is 3. The molecule has 1 heterocycles. The van der Waals surface area contributed by atoms with Gasteiger partial charge in [0.15, 0.2) is 0 Å². The molecule has 2 fully saturated rings. The zero-order valence-electron chi connectivity index (χ0n) is 16.3. The van der Waals surface area contributed by atoms with Gasteiger partial charge < -0.3 is 10.5 Å². The van der Waals surface area contributed by atoms with Crippen molar-refractivity contribution in [2.45, 2.75) is 89.9 Å². The van der Waals surface area contributed by atoms with E-state index in [4.69, 9.17) is 10.5 Å². The molecular formula is C18H34N4O2Si. The molecule has 2 aliphatic rings. The molecule has 0 aromatic carbocycles. The topological polar surface area (TPSA) is 75.1 Å². The van der Waals surface area contributed by atoms with Crippen LogP contribution in [0.1, 0.15) is 50.4 Å². The number of hydrogen-bond acceptors (Lipinski definition) is 4. The summed E-state index contributed by atoms with van der Waals surface area (Å²) in [5.41, 5.74) is 6.45. The first-order valence-corrected chi connectivity index (χ1v) is 13.4. The first-order chi connectivity index (χ1) is 11.7. The second kappa shape index (κ2) is 7.00. The summed E-state index contributed by atoms with van der Waals surface area (Å²) in [5, 5.41) is 4.43. The van der Waals surface area contributed by atoms with Gasteiger partial charge in [-0.1, -0.05) is 19.6 Å². The minimum atomic E-state index is -1.10. The first kappa shape index (κ1) is 18.9. The van der Waals surface area contributed by atoms with Gasteiger partial charge in [0.05, 0.1) is 0 Å². The van der Waals surface area contributed by atoms with Crippen molar-refractivity contribution in [3.05, 3.63) is 16.3 Å². The lowest BCUT2D eigenvalue weighted by molar-refractivity contribution is 0.0138. The largest absolute Gasteiger partial charge is 0.359 e. The van der Waals surface area contributed by atoms with E-state index in [1.165, 1.54) is 17.5 Å². The highest BCUT2D eigenvalue weighted by atomic mass is 28.3. The van der Waals surface area contributed by atoms with Gasteiger partial charge in [-0.2, -0.15) is 9.78 Å². The molecule has 0 bridgehead atoms. The highest BCUT2D eigenvalue weighted by Crippen LogP contribution is 2.56. The van der Waals surface area contributed by atoms with E-state index in [1.54, 1.807) is 0 Å². The van der Waals surface area contributed by atoms with Crippen molar-refractivity contribution in [2.75, 3.05) is 6.61 Å². The van der Waals surface area contributed by atoms with E-state index >= 15 is 0 Å². The van der Waals surface area contributed by atoms with Gasteiger partial charge in [0.1, 0.15) is 12.6 Å². The van der Waals surface area contributed by atoms with E-state index in [1.807, 2.05) is 11.5 Å². The monoisotopic (exact) mass is 366 g/mol. The predicted molar refractivity (Wildman–Crippen MR) is 102 cm³/mol. The van der Waals surface area contributed by atoms with Gasteiger partial charge in [-0.05, 0) is 56.9 Å². The molecule has 6 nitrogen and oxygen atoms in total. The fourth-order valence-electron chi connectivity index (χ4n) is 4.35. The lowest BCUT2D eigenvalue weighted by Gasteiger charge is -2.51. The third-order valence-electron chi connectivity index (χ3n) is 6.04. The van der Waals surface area contributed by atoms with E-state index in [0.29, 0.717) is 24.1 Å². The minimum absolute atomic E-state index is 0.0159. The summed E-state index contributed by atoms with van der Waals surface area (Å²) in [4.78, 5) is 12.7. The van der Waals surface area contributed by atoms with Crippen molar-refractivity contribution in [1.29, 1.82) is 0 Å². The van der Waals surface area contributed by atoms with Crippen molar-refractivity contribution in [3.63, 3.8) is 0 Å². The SMILES string of the molecule is Cc1nn(COCC[Si](C)(C)C)c(=O)n1C1CC2(CCC(N)CC2)C1. The van der Waals surface area contributed by atoms with Gasteiger partial charge in [-0.25, -0.2) is 4.79 Å². The zero-order chi connectivity index (χ0) is 18.2. The maximum atomic E-state index is 12.7. The Kier molecular flexibility index (Phi) is 5.28. The molecule has 1 aromatic heterocycles. The van der Waals surface area contributed by atoms with Crippen LogP contribution in [0, 0.1) is 12.3 Å². The predicted octanol–water partition coefficient (Wildman–Crippen LogP) is 2.89. The number of ether oxygens (including phenoxy) is 1. The van der Waals surface area contributed by atoms with Crippen LogP contribution in [0.4, 0.5) is 0 Å². The Hall–Kier alpha value is -0.923. The number of aryl methyl sites for hydroxylation is 1. The van der Waals surface area contributed by atoms with Crippen molar-refractivity contribution >= 4 is 8.07 Å². The number of hydrogen-bond donors (Lipinski definition) is 1. The Bertz CT molecular complexity index is 645. The van der Waals surface area contributed by atoms with Crippen LogP contribution in [0.5, 0.6) is 0 Å². The van der Waals surface area contributed by atoms with Crippen molar-refractivity contribution < 1.29 is 4.74 Å². The Morgan fingerprint density at radius 3 is 2.52 bits per heavy atom. The van der Waals surface area contributed by atoms with Crippen LogP contribution >= 0.6 is 0 Å². The summed E-state index contributed by atoms with van der Waals surface area (Å²) in [6, 6.07) is 1.79. The van der Waals surface area contributed by atoms with E-state index in [2.05, 4.69) is 24.7 Å². The number of aromatic nitrogens is 3. The van der Waals surface area contributed by atoms with E-state index in [9.17, 15) is 4.79 Å². The molecule has 3 rings (SSSR count). The molecule has 7 heteroatoms. The highest BCUT2D eigenvalue weighted by molar-refractivity contribution is 6.76. The summed E-state index contributed by atoms with van der Waals surface area (Å²) in [5.74, 6) is 0.811. The van der Waals surface area contributed by atoms with Gasteiger partial charge in [-0.3, -0.25) is 4.57 Å². The maximum Gasteiger partial charge on any atom is 0.348 e. The van der Waals surface area contributed by atoms with E-state index in [0.717, 1.165) is 37.6 Å². The van der Waals surface area contributed by atoms with Crippen LogP contribution in [0.3, 0.4) is 0 Å². The second-order valence-corrected chi connectivity index (χ2v) is 15.1. The molecule has 142 valence electrons. The van der Waals surface area contributed by atoms with Crippen molar-refractivity contribution in [2.24, 2.45) is 11.1 Å². The van der Waals surface area contributed by atoms with Gasteiger partial charge in [0, 0.05) is 26.8 Å². The second-order valence-electron chi connectivity index (χ2n) is 9.45. The van der Waals surface area contributed by atoms with Crippen molar-refractivity contribution in [1.82, 2.24) is 14.3 Å². The van der Waals surface area contributed by atoms with Gasteiger partial charge >= 0.3 is 5.69 Å². The van der Waals surface area contributed by atoms with E-state index in [-0.39, 0.29) is 12.4 Å². The number of nitrogens with two attached hydrogens (primary N) is 1. The van der Waals surface area contributed by atoms with Crippen LogP contribution in [0.2, 0.25) is 25.7 Å². The molecule has 0 unspecified atom stereocenters. The molecule has 25 heavy (non-hydrogen) atoms. The van der Waals surface area contributed by atoms with Crippen LogP contribution in [0.25, 0.3) is 0 Å². The molecule has 1 spiro atoms.